The highest BCUT2D eigenvalue weighted by atomic mass is 35.5. The molecule has 0 aliphatic rings. The van der Waals surface area contributed by atoms with Gasteiger partial charge >= 0.3 is 0 Å². The summed E-state index contributed by atoms with van der Waals surface area (Å²) in [6.07, 6.45) is 1.76. The van der Waals surface area contributed by atoms with Crippen molar-refractivity contribution in [2.45, 2.75) is 20.4 Å². The zero-order valence-electron chi connectivity index (χ0n) is 12.3. The van der Waals surface area contributed by atoms with Gasteiger partial charge < -0.3 is 20.1 Å². The van der Waals surface area contributed by atoms with Crippen LogP contribution in [0.2, 0.25) is 5.02 Å². The molecule has 0 unspecified atom stereocenters. The topological polar surface area (TPSA) is 60.6 Å². The lowest BCUT2D eigenvalue weighted by Crippen LogP contribution is -2.32. The highest BCUT2D eigenvalue weighted by Gasteiger charge is 2.12. The number of halogens is 1. The Morgan fingerprint density at radius 3 is 2.25 bits per heavy atom. The molecule has 114 valence electrons. The van der Waals surface area contributed by atoms with Crippen molar-refractivity contribution in [2.75, 3.05) is 44.4 Å². The van der Waals surface area contributed by atoms with Crippen molar-refractivity contribution < 1.29 is 9.47 Å². The van der Waals surface area contributed by atoms with Crippen LogP contribution in [0.1, 0.15) is 19.4 Å². The molecule has 0 fully saturated rings. The highest BCUT2D eigenvalue weighted by molar-refractivity contribution is 6.33. The Bertz CT molecular complexity index is 381. The number of nitrogens with zero attached hydrogens (tertiary/aromatic N) is 2. The molecule has 0 spiro atoms. The minimum Gasteiger partial charge on any atom is -0.380 e. The molecule has 1 aromatic heterocycles. The van der Waals surface area contributed by atoms with Crippen LogP contribution in [0.4, 0.5) is 5.82 Å². The molecule has 0 radical (unpaired) electrons. The van der Waals surface area contributed by atoms with E-state index in [4.69, 9.17) is 26.8 Å². The zero-order chi connectivity index (χ0) is 14.8. The van der Waals surface area contributed by atoms with Crippen molar-refractivity contribution in [1.82, 2.24) is 4.98 Å². The Labute approximate surface area is 126 Å². The first-order chi connectivity index (χ1) is 9.72. The Morgan fingerprint density at radius 2 is 1.80 bits per heavy atom. The van der Waals surface area contributed by atoms with Gasteiger partial charge in [-0.2, -0.15) is 0 Å². The monoisotopic (exact) mass is 301 g/mol. The molecule has 1 rings (SSSR count). The quantitative estimate of drug-likeness (QED) is 0.670. The van der Waals surface area contributed by atoms with Crippen molar-refractivity contribution in [3.63, 3.8) is 0 Å². The molecule has 20 heavy (non-hydrogen) atoms. The molecule has 1 heterocycles. The second kappa shape index (κ2) is 9.94. The SMILES string of the molecule is CCOCCN(CCOCC)c1ncc(CN)cc1Cl. The molecule has 0 aliphatic carbocycles. The molecule has 6 heteroatoms. The molecule has 0 saturated heterocycles. The summed E-state index contributed by atoms with van der Waals surface area (Å²) >= 11 is 6.29. The summed E-state index contributed by atoms with van der Waals surface area (Å²) in [4.78, 5) is 6.49. The first kappa shape index (κ1) is 17.2. The molecule has 1 aromatic rings. The average Bonchev–Trinajstić information content (AvgIpc) is 2.46. The Morgan fingerprint density at radius 1 is 1.20 bits per heavy atom. The van der Waals surface area contributed by atoms with Crippen molar-refractivity contribution in [2.24, 2.45) is 5.73 Å². The number of ether oxygens (including phenoxy) is 2. The van der Waals surface area contributed by atoms with Gasteiger partial charge in [0.2, 0.25) is 0 Å². The number of rotatable bonds is 10. The molecule has 2 N–H and O–H groups in total. The van der Waals surface area contributed by atoms with Crippen LogP contribution < -0.4 is 10.6 Å². The summed E-state index contributed by atoms with van der Waals surface area (Å²) in [7, 11) is 0. The third-order valence-corrected chi connectivity index (χ3v) is 3.11. The lowest BCUT2D eigenvalue weighted by atomic mass is 10.3. The van der Waals surface area contributed by atoms with E-state index in [1.165, 1.54) is 0 Å². The average molecular weight is 302 g/mol. The van der Waals surface area contributed by atoms with Gasteiger partial charge in [0.25, 0.3) is 0 Å². The van der Waals surface area contributed by atoms with E-state index in [2.05, 4.69) is 9.88 Å². The van der Waals surface area contributed by atoms with Gasteiger partial charge in [-0.05, 0) is 25.5 Å². The number of pyridine rings is 1. The fraction of sp³-hybridized carbons (Fsp3) is 0.643. The first-order valence-electron chi connectivity index (χ1n) is 6.97. The van der Waals surface area contributed by atoms with Crippen molar-refractivity contribution >= 4 is 17.4 Å². The van der Waals surface area contributed by atoms with E-state index in [1.807, 2.05) is 19.9 Å². The zero-order valence-corrected chi connectivity index (χ0v) is 13.0. The van der Waals surface area contributed by atoms with Crippen molar-refractivity contribution in [3.8, 4) is 0 Å². The summed E-state index contributed by atoms with van der Waals surface area (Å²) in [6, 6.07) is 1.86. The van der Waals surface area contributed by atoms with Crippen LogP contribution >= 0.6 is 11.6 Å². The highest BCUT2D eigenvalue weighted by Crippen LogP contribution is 2.23. The maximum Gasteiger partial charge on any atom is 0.147 e. The van der Waals surface area contributed by atoms with Gasteiger partial charge in [-0.15, -0.1) is 0 Å². The fourth-order valence-corrected chi connectivity index (χ4v) is 2.08. The summed E-state index contributed by atoms with van der Waals surface area (Å²) in [6.45, 7) is 8.53. The van der Waals surface area contributed by atoms with Crippen molar-refractivity contribution in [3.05, 3.63) is 22.8 Å². The molecule has 0 amide bonds. The van der Waals surface area contributed by atoms with Crippen molar-refractivity contribution in [1.29, 1.82) is 0 Å². The third kappa shape index (κ3) is 5.63. The van der Waals surface area contributed by atoms with Gasteiger partial charge in [0.05, 0.1) is 18.2 Å². The molecule has 0 saturated carbocycles. The third-order valence-electron chi connectivity index (χ3n) is 2.83. The molecular formula is C14H24ClN3O2. The first-order valence-corrected chi connectivity index (χ1v) is 7.35. The summed E-state index contributed by atoms with van der Waals surface area (Å²) in [5.41, 5.74) is 6.51. The summed E-state index contributed by atoms with van der Waals surface area (Å²) in [5.74, 6) is 0.753. The van der Waals surface area contributed by atoms with E-state index in [-0.39, 0.29) is 0 Å². The van der Waals surface area contributed by atoms with Crippen LogP contribution in [-0.2, 0) is 16.0 Å². The number of anilines is 1. The molecule has 0 bridgehead atoms. The number of nitrogens with two attached hydrogens (primary N) is 1. The second-order valence-electron chi connectivity index (χ2n) is 4.23. The van der Waals surface area contributed by atoms with E-state index < -0.39 is 0 Å². The maximum absolute atomic E-state index is 6.29. The summed E-state index contributed by atoms with van der Waals surface area (Å²) < 4.78 is 10.8. The van der Waals surface area contributed by atoms with E-state index in [0.29, 0.717) is 38.0 Å². The Kier molecular flexibility index (Phi) is 8.53. The molecule has 0 aliphatic heterocycles. The van der Waals surface area contributed by atoms with Crippen LogP contribution in [0, 0.1) is 0 Å². The molecular weight excluding hydrogens is 278 g/mol. The smallest absolute Gasteiger partial charge is 0.147 e. The fourth-order valence-electron chi connectivity index (χ4n) is 1.78. The van der Waals surface area contributed by atoms with Gasteiger partial charge in [-0.1, -0.05) is 11.6 Å². The van der Waals surface area contributed by atoms with Gasteiger partial charge in [0.15, 0.2) is 0 Å². The largest absolute Gasteiger partial charge is 0.380 e. The molecule has 0 atom stereocenters. The second-order valence-corrected chi connectivity index (χ2v) is 4.64. The lowest BCUT2D eigenvalue weighted by molar-refractivity contribution is 0.141. The number of hydrogen-bond donors (Lipinski definition) is 1. The predicted molar refractivity (Wildman–Crippen MR) is 82.3 cm³/mol. The van der Waals surface area contributed by atoms with E-state index >= 15 is 0 Å². The standard InChI is InChI=1S/C14H24ClN3O2/c1-3-19-7-5-18(6-8-20-4-2)14-13(15)9-12(10-16)11-17-14/h9,11H,3-8,10,16H2,1-2H3. The van der Waals surface area contributed by atoms with Gasteiger partial charge in [0.1, 0.15) is 5.82 Å². The van der Waals surface area contributed by atoms with Gasteiger partial charge in [-0.3, -0.25) is 0 Å². The van der Waals surface area contributed by atoms with Crippen LogP contribution in [0.25, 0.3) is 0 Å². The van der Waals surface area contributed by atoms with E-state index in [0.717, 1.165) is 24.5 Å². The maximum atomic E-state index is 6.29. The van der Waals surface area contributed by atoms with Gasteiger partial charge in [-0.25, -0.2) is 4.98 Å². The van der Waals surface area contributed by atoms with Crippen LogP contribution in [0.15, 0.2) is 12.3 Å². The number of hydrogen-bond acceptors (Lipinski definition) is 5. The van der Waals surface area contributed by atoms with E-state index in [1.54, 1.807) is 6.20 Å². The molecule has 5 nitrogen and oxygen atoms in total. The Hall–Kier alpha value is -0.880. The van der Waals surface area contributed by atoms with Crippen LogP contribution in [-0.4, -0.2) is 44.5 Å². The predicted octanol–water partition coefficient (Wildman–Crippen LogP) is 2.07. The van der Waals surface area contributed by atoms with Crippen LogP contribution in [0.3, 0.4) is 0 Å². The summed E-state index contributed by atoms with van der Waals surface area (Å²) in [5, 5.41) is 0.612. The minimum atomic E-state index is 0.435. The Balaban J connectivity index is 2.73. The number of aromatic nitrogens is 1. The van der Waals surface area contributed by atoms with Crippen LogP contribution in [0.5, 0.6) is 0 Å². The normalized spacial score (nSPS) is 10.8. The minimum absolute atomic E-state index is 0.435. The van der Waals surface area contributed by atoms with Gasteiger partial charge in [0, 0.05) is 39.0 Å². The van der Waals surface area contributed by atoms with E-state index in [9.17, 15) is 0 Å². The molecule has 0 aromatic carbocycles. The lowest BCUT2D eigenvalue weighted by Gasteiger charge is -2.24.